The van der Waals surface area contributed by atoms with Gasteiger partial charge in [-0.05, 0) is 42.8 Å². The van der Waals surface area contributed by atoms with Crippen LogP contribution in [-0.4, -0.2) is 0 Å². The van der Waals surface area contributed by atoms with Crippen molar-refractivity contribution >= 4 is 63.4 Å². The SMILES string of the molecule is Cc1cc(Br)cc2c1sc1ccc(Br)cc12. The Kier molecular flexibility index (Phi) is 2.57. The minimum absolute atomic E-state index is 1.14. The molecule has 0 atom stereocenters. The molecule has 0 nitrogen and oxygen atoms in total. The number of fused-ring (bicyclic) bond motifs is 3. The molecule has 2 aromatic carbocycles. The van der Waals surface area contributed by atoms with Gasteiger partial charge in [0.25, 0.3) is 0 Å². The summed E-state index contributed by atoms with van der Waals surface area (Å²) in [6.07, 6.45) is 0. The van der Waals surface area contributed by atoms with E-state index in [0.717, 1.165) is 8.95 Å². The second kappa shape index (κ2) is 3.83. The van der Waals surface area contributed by atoms with Crippen LogP contribution in [0.1, 0.15) is 5.56 Å². The summed E-state index contributed by atoms with van der Waals surface area (Å²) in [5.41, 5.74) is 1.33. The predicted molar refractivity (Wildman–Crippen MR) is 79.5 cm³/mol. The van der Waals surface area contributed by atoms with E-state index < -0.39 is 0 Å². The van der Waals surface area contributed by atoms with E-state index in [1.165, 1.54) is 25.7 Å². The van der Waals surface area contributed by atoms with Crippen molar-refractivity contribution in [1.82, 2.24) is 0 Å². The highest BCUT2D eigenvalue weighted by Crippen LogP contribution is 2.38. The van der Waals surface area contributed by atoms with Crippen LogP contribution in [0.3, 0.4) is 0 Å². The molecule has 3 rings (SSSR count). The van der Waals surface area contributed by atoms with E-state index in [2.05, 4.69) is 69.1 Å². The molecule has 0 N–H and O–H groups in total. The van der Waals surface area contributed by atoms with E-state index >= 15 is 0 Å². The number of aryl methyl sites for hydroxylation is 1. The molecule has 16 heavy (non-hydrogen) atoms. The highest BCUT2D eigenvalue weighted by molar-refractivity contribution is 9.10. The van der Waals surface area contributed by atoms with E-state index in [-0.39, 0.29) is 0 Å². The number of benzene rings is 2. The second-order valence-electron chi connectivity index (χ2n) is 3.84. The Balaban J connectivity index is 2.57. The molecule has 0 saturated heterocycles. The first-order valence-corrected chi connectivity index (χ1v) is 7.33. The molecule has 0 bridgehead atoms. The Morgan fingerprint density at radius 1 is 0.938 bits per heavy atom. The molecule has 0 aliphatic carbocycles. The van der Waals surface area contributed by atoms with Crippen molar-refractivity contribution in [3.63, 3.8) is 0 Å². The van der Waals surface area contributed by atoms with Gasteiger partial charge in [-0.15, -0.1) is 11.3 Å². The molecular formula is C13H8Br2S. The monoisotopic (exact) mass is 354 g/mol. The minimum Gasteiger partial charge on any atom is -0.135 e. The molecule has 0 unspecified atom stereocenters. The molecule has 3 aromatic rings. The van der Waals surface area contributed by atoms with Crippen LogP contribution in [0.5, 0.6) is 0 Å². The zero-order valence-electron chi connectivity index (χ0n) is 8.55. The first kappa shape index (κ1) is 10.8. The number of rotatable bonds is 0. The lowest BCUT2D eigenvalue weighted by Crippen LogP contribution is -1.73. The van der Waals surface area contributed by atoms with Crippen LogP contribution in [0.25, 0.3) is 20.2 Å². The smallest absolute Gasteiger partial charge is 0.0385 e. The zero-order valence-corrected chi connectivity index (χ0v) is 12.5. The highest BCUT2D eigenvalue weighted by atomic mass is 79.9. The van der Waals surface area contributed by atoms with Gasteiger partial charge in [0, 0.05) is 29.1 Å². The maximum Gasteiger partial charge on any atom is 0.0385 e. The van der Waals surface area contributed by atoms with Crippen LogP contribution in [0.4, 0.5) is 0 Å². The number of hydrogen-bond acceptors (Lipinski definition) is 1. The number of thiophene rings is 1. The van der Waals surface area contributed by atoms with Gasteiger partial charge in [0.15, 0.2) is 0 Å². The molecule has 0 aliphatic rings. The molecule has 0 fully saturated rings. The van der Waals surface area contributed by atoms with Crippen molar-refractivity contribution in [1.29, 1.82) is 0 Å². The van der Waals surface area contributed by atoms with Crippen molar-refractivity contribution in [2.45, 2.75) is 6.92 Å². The van der Waals surface area contributed by atoms with Gasteiger partial charge in [0.05, 0.1) is 0 Å². The second-order valence-corrected chi connectivity index (χ2v) is 6.73. The average molecular weight is 356 g/mol. The van der Waals surface area contributed by atoms with Gasteiger partial charge in [-0.3, -0.25) is 0 Å². The lowest BCUT2D eigenvalue weighted by atomic mass is 10.1. The maximum atomic E-state index is 3.57. The zero-order chi connectivity index (χ0) is 11.3. The summed E-state index contributed by atoms with van der Waals surface area (Å²) < 4.78 is 5.02. The van der Waals surface area contributed by atoms with Gasteiger partial charge >= 0.3 is 0 Å². The summed E-state index contributed by atoms with van der Waals surface area (Å²) in [5.74, 6) is 0. The molecule has 0 aliphatic heterocycles. The van der Waals surface area contributed by atoms with Gasteiger partial charge < -0.3 is 0 Å². The molecule has 80 valence electrons. The summed E-state index contributed by atoms with van der Waals surface area (Å²) in [6.45, 7) is 2.16. The van der Waals surface area contributed by atoms with Crippen molar-refractivity contribution < 1.29 is 0 Å². The molecule has 0 radical (unpaired) electrons. The third kappa shape index (κ3) is 1.62. The first-order valence-electron chi connectivity index (χ1n) is 4.93. The van der Waals surface area contributed by atoms with Crippen molar-refractivity contribution in [2.75, 3.05) is 0 Å². The van der Waals surface area contributed by atoms with E-state index in [1.807, 2.05) is 11.3 Å². The predicted octanol–water partition coefficient (Wildman–Crippen LogP) is 5.89. The Morgan fingerprint density at radius 3 is 2.50 bits per heavy atom. The fourth-order valence-electron chi connectivity index (χ4n) is 1.98. The standard InChI is InChI=1S/C13H8Br2S/c1-7-4-9(15)6-11-10-5-8(14)2-3-12(10)16-13(7)11/h2-6H,1H3. The number of halogens is 2. The quantitative estimate of drug-likeness (QED) is 0.471. The summed E-state index contributed by atoms with van der Waals surface area (Å²) in [4.78, 5) is 0. The van der Waals surface area contributed by atoms with Gasteiger partial charge in [-0.2, -0.15) is 0 Å². The van der Waals surface area contributed by atoms with E-state index in [1.54, 1.807) is 0 Å². The van der Waals surface area contributed by atoms with Crippen LogP contribution in [0.2, 0.25) is 0 Å². The topological polar surface area (TPSA) is 0 Å². The highest BCUT2D eigenvalue weighted by Gasteiger charge is 2.08. The van der Waals surface area contributed by atoms with Crippen LogP contribution in [0, 0.1) is 6.92 Å². The Morgan fingerprint density at radius 2 is 1.69 bits per heavy atom. The van der Waals surface area contributed by atoms with Crippen LogP contribution < -0.4 is 0 Å². The summed E-state index contributed by atoms with van der Waals surface area (Å²) in [6, 6.07) is 10.8. The molecule has 0 amide bonds. The van der Waals surface area contributed by atoms with Crippen LogP contribution in [0.15, 0.2) is 39.3 Å². The fraction of sp³-hybridized carbons (Fsp3) is 0.0769. The molecule has 1 aromatic heterocycles. The molecule has 0 spiro atoms. The van der Waals surface area contributed by atoms with Crippen LogP contribution in [-0.2, 0) is 0 Å². The minimum atomic E-state index is 1.14. The fourth-order valence-corrected chi connectivity index (χ4v) is 4.04. The third-order valence-electron chi connectivity index (χ3n) is 2.68. The lowest BCUT2D eigenvalue weighted by molar-refractivity contribution is 1.54. The Hall–Kier alpha value is -0.380. The third-order valence-corrected chi connectivity index (χ3v) is 4.96. The van der Waals surface area contributed by atoms with Crippen molar-refractivity contribution in [3.05, 3.63) is 44.8 Å². The largest absolute Gasteiger partial charge is 0.135 e. The number of hydrogen-bond donors (Lipinski definition) is 0. The molecule has 1 heterocycles. The van der Waals surface area contributed by atoms with Crippen LogP contribution >= 0.6 is 43.2 Å². The van der Waals surface area contributed by atoms with E-state index in [0.29, 0.717) is 0 Å². The molecular weight excluding hydrogens is 348 g/mol. The Bertz CT molecular complexity index is 698. The van der Waals surface area contributed by atoms with Gasteiger partial charge in [-0.1, -0.05) is 31.9 Å². The summed E-state index contributed by atoms with van der Waals surface area (Å²) in [7, 11) is 0. The van der Waals surface area contributed by atoms with Gasteiger partial charge in [0.1, 0.15) is 0 Å². The first-order chi connectivity index (χ1) is 7.65. The van der Waals surface area contributed by atoms with E-state index in [9.17, 15) is 0 Å². The summed E-state index contributed by atoms with van der Waals surface area (Å²) >= 11 is 8.96. The van der Waals surface area contributed by atoms with Gasteiger partial charge in [0.2, 0.25) is 0 Å². The average Bonchev–Trinajstić information content (AvgIpc) is 2.57. The molecule has 0 saturated carbocycles. The summed E-state index contributed by atoms with van der Waals surface area (Å²) in [5, 5.41) is 2.67. The van der Waals surface area contributed by atoms with Crippen molar-refractivity contribution in [2.24, 2.45) is 0 Å². The van der Waals surface area contributed by atoms with Crippen molar-refractivity contribution in [3.8, 4) is 0 Å². The van der Waals surface area contributed by atoms with Gasteiger partial charge in [-0.25, -0.2) is 0 Å². The van der Waals surface area contributed by atoms with E-state index in [4.69, 9.17) is 0 Å². The Labute approximate surface area is 115 Å². The molecule has 3 heteroatoms. The normalized spacial score (nSPS) is 11.4. The lowest BCUT2D eigenvalue weighted by Gasteiger charge is -1.97. The maximum absolute atomic E-state index is 3.57.